The van der Waals surface area contributed by atoms with Crippen molar-refractivity contribution in [2.24, 2.45) is 0 Å². The van der Waals surface area contributed by atoms with Crippen LogP contribution in [-0.4, -0.2) is 15.4 Å². The van der Waals surface area contributed by atoms with Crippen molar-refractivity contribution in [1.82, 2.24) is 15.4 Å². The molecule has 3 rings (SSSR count). The molecule has 0 aliphatic heterocycles. The topological polar surface area (TPSA) is 65.0 Å². The quantitative estimate of drug-likeness (QED) is 0.675. The molecule has 0 aliphatic carbocycles. The molecule has 0 bridgehead atoms. The molecule has 0 aromatic carbocycles. The zero-order valence-corrected chi connectivity index (χ0v) is 10.2. The minimum atomic E-state index is 0.642. The van der Waals surface area contributed by atoms with Gasteiger partial charge >= 0.3 is 0 Å². The number of rotatable bonds is 4. The number of furan rings is 1. The first-order valence-electron chi connectivity index (χ1n) is 4.80. The zero-order chi connectivity index (χ0) is 11.5. The van der Waals surface area contributed by atoms with Gasteiger partial charge in [0.15, 0.2) is 10.1 Å². The molecule has 0 unspecified atom stereocenters. The summed E-state index contributed by atoms with van der Waals surface area (Å²) in [4.78, 5) is 0. The van der Waals surface area contributed by atoms with Crippen molar-refractivity contribution >= 4 is 23.1 Å². The first kappa shape index (κ1) is 10.5. The SMILES string of the molecule is c1coc(-c2cc(CSc3nncs3)no2)c1. The standard InChI is InChI=1S/C10H7N3O2S2/c1-2-8(14-3-1)9-4-7(13-15-9)5-16-10-12-11-6-17-10/h1-4,6H,5H2. The summed E-state index contributed by atoms with van der Waals surface area (Å²) in [5.74, 6) is 2.03. The highest BCUT2D eigenvalue weighted by Gasteiger charge is 2.09. The highest BCUT2D eigenvalue weighted by atomic mass is 32.2. The second kappa shape index (κ2) is 4.72. The first-order chi connectivity index (χ1) is 8.42. The highest BCUT2D eigenvalue weighted by Crippen LogP contribution is 2.26. The third kappa shape index (κ3) is 2.40. The number of thioether (sulfide) groups is 1. The summed E-state index contributed by atoms with van der Waals surface area (Å²) in [5.41, 5.74) is 2.57. The molecule has 0 aliphatic rings. The molecule has 0 saturated heterocycles. The summed E-state index contributed by atoms with van der Waals surface area (Å²) in [6.45, 7) is 0. The van der Waals surface area contributed by atoms with E-state index in [-0.39, 0.29) is 0 Å². The minimum Gasteiger partial charge on any atom is -0.461 e. The molecule has 0 radical (unpaired) electrons. The number of nitrogens with zero attached hydrogens (tertiary/aromatic N) is 3. The van der Waals surface area contributed by atoms with E-state index in [0.29, 0.717) is 17.3 Å². The summed E-state index contributed by atoms with van der Waals surface area (Å²) in [7, 11) is 0. The van der Waals surface area contributed by atoms with Crippen LogP contribution in [0.1, 0.15) is 5.69 Å². The Hall–Kier alpha value is -1.60. The van der Waals surface area contributed by atoms with Gasteiger partial charge in [0.05, 0.1) is 12.0 Å². The largest absolute Gasteiger partial charge is 0.461 e. The van der Waals surface area contributed by atoms with E-state index in [2.05, 4.69) is 15.4 Å². The molecular formula is C10H7N3O2S2. The molecular weight excluding hydrogens is 258 g/mol. The lowest BCUT2D eigenvalue weighted by atomic mass is 10.3. The molecule has 0 saturated carbocycles. The van der Waals surface area contributed by atoms with Crippen LogP contribution in [-0.2, 0) is 5.75 Å². The van der Waals surface area contributed by atoms with E-state index in [1.54, 1.807) is 23.5 Å². The molecule has 7 heteroatoms. The van der Waals surface area contributed by atoms with Crippen molar-refractivity contribution in [3.05, 3.63) is 35.7 Å². The minimum absolute atomic E-state index is 0.642. The summed E-state index contributed by atoms with van der Waals surface area (Å²) in [6.07, 6.45) is 1.60. The summed E-state index contributed by atoms with van der Waals surface area (Å²) >= 11 is 3.09. The van der Waals surface area contributed by atoms with Crippen molar-refractivity contribution in [1.29, 1.82) is 0 Å². The van der Waals surface area contributed by atoms with E-state index in [9.17, 15) is 0 Å². The fourth-order valence-electron chi connectivity index (χ4n) is 1.28. The van der Waals surface area contributed by atoms with E-state index in [4.69, 9.17) is 8.94 Å². The van der Waals surface area contributed by atoms with Gasteiger partial charge in [-0.1, -0.05) is 28.3 Å². The molecule has 5 nitrogen and oxygen atoms in total. The van der Waals surface area contributed by atoms with Crippen LogP contribution in [0, 0.1) is 0 Å². The average molecular weight is 265 g/mol. The van der Waals surface area contributed by atoms with E-state index in [1.165, 1.54) is 11.3 Å². The Labute approximate surface area is 105 Å². The van der Waals surface area contributed by atoms with Crippen molar-refractivity contribution in [3.63, 3.8) is 0 Å². The van der Waals surface area contributed by atoms with Crippen molar-refractivity contribution < 1.29 is 8.94 Å². The third-order valence-corrected chi connectivity index (χ3v) is 3.90. The maximum Gasteiger partial charge on any atom is 0.202 e. The van der Waals surface area contributed by atoms with Crippen molar-refractivity contribution in [2.45, 2.75) is 10.1 Å². The smallest absolute Gasteiger partial charge is 0.202 e. The van der Waals surface area contributed by atoms with Crippen LogP contribution in [0.3, 0.4) is 0 Å². The Morgan fingerprint density at radius 2 is 2.35 bits per heavy atom. The van der Waals surface area contributed by atoms with Crippen LogP contribution in [0.4, 0.5) is 0 Å². The summed E-state index contributed by atoms with van der Waals surface area (Å²) < 4.78 is 11.3. The molecule has 0 fully saturated rings. The zero-order valence-electron chi connectivity index (χ0n) is 8.57. The van der Waals surface area contributed by atoms with Gasteiger partial charge in [-0.25, -0.2) is 0 Å². The predicted octanol–water partition coefficient (Wildman–Crippen LogP) is 3.08. The Morgan fingerprint density at radius 1 is 1.35 bits per heavy atom. The van der Waals surface area contributed by atoms with Gasteiger partial charge in [-0.2, -0.15) is 0 Å². The van der Waals surface area contributed by atoms with E-state index in [0.717, 1.165) is 10.0 Å². The number of hydrogen-bond donors (Lipinski definition) is 0. The van der Waals surface area contributed by atoms with E-state index >= 15 is 0 Å². The lowest BCUT2D eigenvalue weighted by molar-refractivity contribution is 0.413. The second-order valence-corrected chi connectivity index (χ2v) is 5.21. The van der Waals surface area contributed by atoms with Gasteiger partial charge in [0, 0.05) is 11.8 Å². The molecule has 0 atom stereocenters. The fourth-order valence-corrected chi connectivity index (χ4v) is 2.65. The Morgan fingerprint density at radius 3 is 3.12 bits per heavy atom. The lowest BCUT2D eigenvalue weighted by Crippen LogP contribution is -1.78. The highest BCUT2D eigenvalue weighted by molar-refractivity contribution is 8.00. The summed E-state index contributed by atoms with van der Waals surface area (Å²) in [5, 5.41) is 11.7. The van der Waals surface area contributed by atoms with Crippen molar-refractivity contribution in [2.75, 3.05) is 0 Å². The third-order valence-electron chi connectivity index (χ3n) is 2.01. The van der Waals surface area contributed by atoms with Crippen LogP contribution >= 0.6 is 23.1 Å². The Kier molecular flexibility index (Phi) is 2.93. The number of aromatic nitrogens is 3. The Balaban J connectivity index is 1.69. The molecule has 0 N–H and O–H groups in total. The molecule has 0 amide bonds. The molecule has 17 heavy (non-hydrogen) atoms. The second-order valence-electron chi connectivity index (χ2n) is 3.15. The van der Waals surface area contributed by atoms with Gasteiger partial charge in [-0.05, 0) is 12.1 Å². The van der Waals surface area contributed by atoms with Gasteiger partial charge in [-0.15, -0.1) is 10.2 Å². The predicted molar refractivity (Wildman–Crippen MR) is 63.7 cm³/mol. The molecule has 0 spiro atoms. The van der Waals surface area contributed by atoms with Crippen LogP contribution in [0.5, 0.6) is 0 Å². The van der Waals surface area contributed by atoms with E-state index < -0.39 is 0 Å². The van der Waals surface area contributed by atoms with Gasteiger partial charge in [0.25, 0.3) is 0 Å². The van der Waals surface area contributed by atoms with E-state index in [1.807, 2.05) is 18.2 Å². The van der Waals surface area contributed by atoms with Crippen LogP contribution in [0.25, 0.3) is 11.5 Å². The monoisotopic (exact) mass is 265 g/mol. The van der Waals surface area contributed by atoms with Gasteiger partial charge < -0.3 is 8.94 Å². The van der Waals surface area contributed by atoms with Gasteiger partial charge in [0.1, 0.15) is 5.51 Å². The maximum atomic E-state index is 5.22. The molecule has 3 heterocycles. The number of hydrogen-bond acceptors (Lipinski definition) is 7. The van der Waals surface area contributed by atoms with Crippen molar-refractivity contribution in [3.8, 4) is 11.5 Å². The molecule has 3 aromatic heterocycles. The van der Waals surface area contributed by atoms with Crippen LogP contribution in [0.2, 0.25) is 0 Å². The van der Waals surface area contributed by atoms with Gasteiger partial charge in [0.2, 0.25) is 5.76 Å². The summed E-state index contributed by atoms with van der Waals surface area (Å²) in [6, 6.07) is 5.52. The van der Waals surface area contributed by atoms with Crippen LogP contribution in [0.15, 0.2) is 43.3 Å². The maximum absolute atomic E-state index is 5.22. The average Bonchev–Trinajstić information content (AvgIpc) is 3.09. The molecule has 86 valence electrons. The Bertz CT molecular complexity index is 575. The first-order valence-corrected chi connectivity index (χ1v) is 6.67. The van der Waals surface area contributed by atoms with Gasteiger partial charge in [-0.3, -0.25) is 0 Å². The normalized spacial score (nSPS) is 10.8. The van der Waals surface area contributed by atoms with Crippen LogP contribution < -0.4 is 0 Å². The fraction of sp³-hybridized carbons (Fsp3) is 0.100. The lowest BCUT2D eigenvalue weighted by Gasteiger charge is -1.89. The molecule has 3 aromatic rings.